The number of hydrogen-bond donors (Lipinski definition) is 2. The van der Waals surface area contributed by atoms with Crippen molar-refractivity contribution in [1.82, 2.24) is 10.3 Å². The second-order valence-electron chi connectivity index (χ2n) is 6.38. The zero-order valence-corrected chi connectivity index (χ0v) is 15.3. The van der Waals surface area contributed by atoms with Gasteiger partial charge in [-0.05, 0) is 55.4 Å². The van der Waals surface area contributed by atoms with Gasteiger partial charge in [0.2, 0.25) is 5.91 Å². The second-order valence-corrected chi connectivity index (χ2v) is 7.79. The molecule has 2 aromatic carbocycles. The molecule has 0 bridgehead atoms. The third kappa shape index (κ3) is 3.27. The molecule has 0 aliphatic carbocycles. The topological polar surface area (TPSA) is 54.0 Å². The van der Waals surface area contributed by atoms with Crippen LogP contribution < -0.4 is 10.6 Å². The summed E-state index contributed by atoms with van der Waals surface area (Å²) in [4.78, 5) is 16.9. The molecule has 1 saturated heterocycles. The molecule has 6 heteroatoms. The zero-order chi connectivity index (χ0) is 17.4. The van der Waals surface area contributed by atoms with Gasteiger partial charge in [-0.15, -0.1) is 11.3 Å². The molecular weight excluding hydrogens is 354 g/mol. The Morgan fingerprint density at radius 2 is 2.04 bits per heavy atom. The van der Waals surface area contributed by atoms with Crippen molar-refractivity contribution in [3.63, 3.8) is 0 Å². The predicted molar refractivity (Wildman–Crippen MR) is 104 cm³/mol. The Balaban J connectivity index is 1.51. The highest BCUT2D eigenvalue weighted by atomic mass is 35.5. The molecular formula is C19H18ClN3OS. The SMILES string of the molecule is CC(C(=O)Nc1ccc(-c2nc3cccc(Cl)c3s2)cc1)C1CNC1. The van der Waals surface area contributed by atoms with Gasteiger partial charge in [0.15, 0.2) is 0 Å². The summed E-state index contributed by atoms with van der Waals surface area (Å²) in [5.74, 6) is 0.533. The highest BCUT2D eigenvalue weighted by Gasteiger charge is 2.28. The molecule has 0 spiro atoms. The number of hydrogen-bond acceptors (Lipinski definition) is 4. The molecule has 128 valence electrons. The van der Waals surface area contributed by atoms with E-state index in [2.05, 4.69) is 15.6 Å². The van der Waals surface area contributed by atoms with Crippen LogP contribution in [0.15, 0.2) is 42.5 Å². The molecule has 1 aliphatic heterocycles. The second kappa shape index (κ2) is 6.75. The Labute approximate surface area is 155 Å². The van der Waals surface area contributed by atoms with E-state index in [1.54, 1.807) is 11.3 Å². The molecule has 1 unspecified atom stereocenters. The Hall–Kier alpha value is -1.95. The number of benzene rings is 2. The van der Waals surface area contributed by atoms with Crippen molar-refractivity contribution in [2.45, 2.75) is 6.92 Å². The molecule has 1 amide bonds. The van der Waals surface area contributed by atoms with Crippen molar-refractivity contribution in [2.75, 3.05) is 18.4 Å². The van der Waals surface area contributed by atoms with E-state index in [9.17, 15) is 4.79 Å². The summed E-state index contributed by atoms with van der Waals surface area (Å²) in [6.45, 7) is 3.83. The number of carbonyl (C=O) groups excluding carboxylic acids is 1. The first-order chi connectivity index (χ1) is 12.1. The number of amides is 1. The number of thiazole rings is 1. The Kier molecular flexibility index (Phi) is 4.46. The third-order valence-corrected chi connectivity index (χ3v) is 6.28. The summed E-state index contributed by atoms with van der Waals surface area (Å²) in [7, 11) is 0. The Morgan fingerprint density at radius 1 is 1.28 bits per heavy atom. The lowest BCUT2D eigenvalue weighted by Gasteiger charge is -2.31. The van der Waals surface area contributed by atoms with Gasteiger partial charge in [0.25, 0.3) is 0 Å². The van der Waals surface area contributed by atoms with Crippen molar-refractivity contribution in [2.24, 2.45) is 11.8 Å². The molecule has 1 fully saturated rings. The average Bonchev–Trinajstić information content (AvgIpc) is 2.99. The van der Waals surface area contributed by atoms with Gasteiger partial charge in [-0.25, -0.2) is 4.98 Å². The fourth-order valence-electron chi connectivity index (χ4n) is 2.87. The molecule has 25 heavy (non-hydrogen) atoms. The maximum Gasteiger partial charge on any atom is 0.227 e. The van der Waals surface area contributed by atoms with Crippen LogP contribution in [0.3, 0.4) is 0 Å². The molecule has 2 N–H and O–H groups in total. The van der Waals surface area contributed by atoms with Gasteiger partial charge in [-0.2, -0.15) is 0 Å². The van der Waals surface area contributed by atoms with Gasteiger partial charge >= 0.3 is 0 Å². The van der Waals surface area contributed by atoms with Crippen LogP contribution in [0.5, 0.6) is 0 Å². The number of carbonyl (C=O) groups is 1. The van der Waals surface area contributed by atoms with Crippen LogP contribution in [0.25, 0.3) is 20.8 Å². The van der Waals surface area contributed by atoms with E-state index in [0.717, 1.165) is 44.6 Å². The monoisotopic (exact) mass is 371 g/mol. The lowest BCUT2D eigenvalue weighted by molar-refractivity contribution is -0.121. The molecule has 0 radical (unpaired) electrons. The highest BCUT2D eigenvalue weighted by Crippen LogP contribution is 2.34. The van der Waals surface area contributed by atoms with E-state index in [1.807, 2.05) is 49.4 Å². The summed E-state index contributed by atoms with van der Waals surface area (Å²) in [5, 5.41) is 7.86. The number of fused-ring (bicyclic) bond motifs is 1. The number of nitrogens with zero attached hydrogens (tertiary/aromatic N) is 1. The number of rotatable bonds is 4. The van der Waals surface area contributed by atoms with Gasteiger partial charge in [0.1, 0.15) is 5.01 Å². The fraction of sp³-hybridized carbons (Fsp3) is 0.263. The van der Waals surface area contributed by atoms with Crippen LogP contribution in [0.2, 0.25) is 5.02 Å². The zero-order valence-electron chi connectivity index (χ0n) is 13.8. The van der Waals surface area contributed by atoms with Crippen LogP contribution in [0.1, 0.15) is 6.92 Å². The minimum absolute atomic E-state index is 0.0207. The highest BCUT2D eigenvalue weighted by molar-refractivity contribution is 7.22. The van der Waals surface area contributed by atoms with E-state index >= 15 is 0 Å². The molecule has 1 atom stereocenters. The Morgan fingerprint density at radius 3 is 2.68 bits per heavy atom. The molecule has 4 rings (SSSR count). The van der Waals surface area contributed by atoms with Gasteiger partial charge in [-0.3, -0.25) is 4.79 Å². The smallest absolute Gasteiger partial charge is 0.227 e. The van der Waals surface area contributed by atoms with Crippen molar-refractivity contribution >= 4 is 44.7 Å². The van der Waals surface area contributed by atoms with Gasteiger partial charge in [0.05, 0.1) is 15.2 Å². The lowest BCUT2D eigenvalue weighted by Crippen LogP contribution is -2.48. The lowest BCUT2D eigenvalue weighted by atomic mass is 9.88. The Bertz CT molecular complexity index is 918. The largest absolute Gasteiger partial charge is 0.326 e. The van der Waals surface area contributed by atoms with E-state index in [1.165, 1.54) is 0 Å². The molecule has 3 aromatic rings. The van der Waals surface area contributed by atoms with Crippen molar-refractivity contribution in [1.29, 1.82) is 0 Å². The van der Waals surface area contributed by atoms with E-state index in [4.69, 9.17) is 11.6 Å². The number of nitrogens with one attached hydrogen (secondary N) is 2. The van der Waals surface area contributed by atoms with Gasteiger partial charge < -0.3 is 10.6 Å². The molecule has 4 nitrogen and oxygen atoms in total. The number of halogens is 1. The van der Waals surface area contributed by atoms with Crippen LogP contribution in [-0.2, 0) is 4.79 Å². The molecule has 1 aliphatic rings. The quantitative estimate of drug-likeness (QED) is 0.714. The minimum Gasteiger partial charge on any atom is -0.326 e. The van der Waals surface area contributed by atoms with Crippen molar-refractivity contribution in [3.05, 3.63) is 47.5 Å². The first kappa shape index (κ1) is 16.5. The molecule has 1 aromatic heterocycles. The predicted octanol–water partition coefficient (Wildman–Crippen LogP) is 4.41. The van der Waals surface area contributed by atoms with Crippen LogP contribution in [-0.4, -0.2) is 24.0 Å². The van der Waals surface area contributed by atoms with Gasteiger partial charge in [0, 0.05) is 17.2 Å². The first-order valence-corrected chi connectivity index (χ1v) is 9.48. The first-order valence-electron chi connectivity index (χ1n) is 8.29. The maximum atomic E-state index is 12.3. The summed E-state index contributed by atoms with van der Waals surface area (Å²) < 4.78 is 1.000. The number of aromatic nitrogens is 1. The molecule has 2 heterocycles. The van der Waals surface area contributed by atoms with E-state index < -0.39 is 0 Å². The minimum atomic E-state index is 0.0207. The van der Waals surface area contributed by atoms with E-state index in [0.29, 0.717) is 5.92 Å². The third-order valence-electron chi connectivity index (χ3n) is 4.70. The number of anilines is 1. The summed E-state index contributed by atoms with van der Waals surface area (Å²) >= 11 is 7.81. The summed E-state index contributed by atoms with van der Waals surface area (Å²) in [6.07, 6.45) is 0. The molecule has 0 saturated carbocycles. The standard InChI is InChI=1S/C19H18ClN3OS/c1-11(13-9-21-10-13)18(24)22-14-7-5-12(6-8-14)19-23-16-4-2-3-15(20)17(16)25-19/h2-8,11,13,21H,9-10H2,1H3,(H,22,24). The normalized spacial score (nSPS) is 15.8. The summed E-state index contributed by atoms with van der Waals surface area (Å²) in [5.41, 5.74) is 2.74. The van der Waals surface area contributed by atoms with Crippen LogP contribution in [0.4, 0.5) is 5.69 Å². The van der Waals surface area contributed by atoms with Crippen molar-refractivity contribution < 1.29 is 4.79 Å². The van der Waals surface area contributed by atoms with Gasteiger partial charge in [-0.1, -0.05) is 24.6 Å². The summed E-state index contributed by atoms with van der Waals surface area (Å²) in [6, 6.07) is 13.6. The maximum absolute atomic E-state index is 12.3. The van der Waals surface area contributed by atoms with Crippen LogP contribution >= 0.6 is 22.9 Å². The van der Waals surface area contributed by atoms with Crippen LogP contribution in [0, 0.1) is 11.8 Å². The van der Waals surface area contributed by atoms with Crippen molar-refractivity contribution in [3.8, 4) is 10.6 Å². The van der Waals surface area contributed by atoms with E-state index in [-0.39, 0.29) is 11.8 Å². The fourth-order valence-corrected chi connectivity index (χ4v) is 4.13. The average molecular weight is 372 g/mol.